The number of aromatic nitrogens is 2. The highest BCUT2D eigenvalue weighted by Gasteiger charge is 2.26. The van der Waals surface area contributed by atoms with E-state index in [1.54, 1.807) is 14.2 Å². The molecule has 1 atom stereocenters. The molecule has 1 saturated heterocycles. The van der Waals surface area contributed by atoms with Crippen LogP contribution in [0.15, 0.2) is 60.7 Å². The molecule has 4 aromatic rings. The molecule has 0 spiro atoms. The van der Waals surface area contributed by atoms with Crippen LogP contribution in [0, 0.1) is 0 Å². The Bertz CT molecular complexity index is 1300. The van der Waals surface area contributed by atoms with Crippen molar-refractivity contribution in [3.05, 3.63) is 71.4 Å². The third-order valence-corrected chi connectivity index (χ3v) is 6.73. The molecule has 0 aliphatic carbocycles. The van der Waals surface area contributed by atoms with E-state index in [1.807, 2.05) is 53.0 Å². The molecule has 1 aliphatic heterocycles. The summed E-state index contributed by atoms with van der Waals surface area (Å²) >= 11 is 6.36. The van der Waals surface area contributed by atoms with Gasteiger partial charge in [0.25, 0.3) is 0 Å². The maximum absolute atomic E-state index is 9.98. The summed E-state index contributed by atoms with van der Waals surface area (Å²) < 4.78 is 12.9. The number of anilines is 1. The zero-order valence-corrected chi connectivity index (χ0v) is 20.1. The molecular formula is C27H28ClN3O3. The number of ether oxygens (including phenoxy) is 2. The van der Waals surface area contributed by atoms with Gasteiger partial charge in [-0.3, -0.25) is 0 Å². The highest BCUT2D eigenvalue weighted by Crippen LogP contribution is 2.38. The van der Waals surface area contributed by atoms with Crippen LogP contribution >= 0.6 is 11.6 Å². The fourth-order valence-corrected chi connectivity index (χ4v) is 5.06. The molecule has 1 aliphatic rings. The molecule has 2 aromatic carbocycles. The number of fused-ring (bicyclic) bond motifs is 1. The van der Waals surface area contributed by atoms with E-state index in [0.717, 1.165) is 64.4 Å². The van der Waals surface area contributed by atoms with E-state index >= 15 is 0 Å². The summed E-state index contributed by atoms with van der Waals surface area (Å²) in [4.78, 5) is 2.30. The Morgan fingerprint density at radius 1 is 1.06 bits per heavy atom. The summed E-state index contributed by atoms with van der Waals surface area (Å²) in [5.41, 5.74) is 6.88. The summed E-state index contributed by atoms with van der Waals surface area (Å²) in [6.45, 7) is 1.43. The van der Waals surface area contributed by atoms with E-state index in [1.165, 1.54) is 0 Å². The van der Waals surface area contributed by atoms with Crippen molar-refractivity contribution >= 4 is 22.8 Å². The Hall–Kier alpha value is -3.06. The maximum Gasteiger partial charge on any atom is 0.118 e. The summed E-state index contributed by atoms with van der Waals surface area (Å²) in [5.74, 6) is 0.802. The lowest BCUT2D eigenvalue weighted by molar-refractivity contribution is 0.181. The Labute approximate surface area is 204 Å². The van der Waals surface area contributed by atoms with Gasteiger partial charge in [-0.25, -0.2) is 4.52 Å². The van der Waals surface area contributed by atoms with Crippen LogP contribution in [-0.2, 0) is 11.3 Å². The van der Waals surface area contributed by atoms with Gasteiger partial charge >= 0.3 is 0 Å². The standard InChI is InChI=1S/C27H28ClN3O3/c1-33-17-24-27(18-8-10-23(34-2)11-9-18)26-15-22(30-12-4-7-21(30)16-32)14-25(31(26)29-24)19-5-3-6-20(28)13-19/h3,5-6,8-11,13-15,21,32H,4,7,12,16-17H2,1-2H3. The summed E-state index contributed by atoms with van der Waals surface area (Å²) in [6, 6.07) is 20.3. The Balaban J connectivity index is 1.79. The lowest BCUT2D eigenvalue weighted by Gasteiger charge is -2.26. The van der Waals surface area contributed by atoms with Gasteiger partial charge in [0.2, 0.25) is 0 Å². The SMILES string of the molecule is COCc1nn2c(-c3cccc(Cl)c3)cc(N3CCCC3CO)cc2c1-c1ccc(OC)cc1. The number of nitrogens with zero attached hydrogens (tertiary/aromatic N) is 3. The molecule has 2 aromatic heterocycles. The van der Waals surface area contributed by atoms with Crippen LogP contribution in [0.2, 0.25) is 5.02 Å². The van der Waals surface area contributed by atoms with Gasteiger partial charge in [0.15, 0.2) is 0 Å². The molecular weight excluding hydrogens is 450 g/mol. The Kier molecular flexibility index (Phi) is 6.46. The van der Waals surface area contributed by atoms with Gasteiger partial charge in [0.1, 0.15) is 5.75 Å². The van der Waals surface area contributed by atoms with Crippen molar-refractivity contribution in [2.45, 2.75) is 25.5 Å². The number of methoxy groups -OCH3 is 2. The fourth-order valence-electron chi connectivity index (χ4n) is 4.87. The highest BCUT2D eigenvalue weighted by molar-refractivity contribution is 6.30. The number of rotatable bonds is 7. The van der Waals surface area contributed by atoms with Gasteiger partial charge in [-0.2, -0.15) is 5.10 Å². The number of aliphatic hydroxyl groups excluding tert-OH is 1. The predicted molar refractivity (Wildman–Crippen MR) is 136 cm³/mol. The molecule has 1 N–H and O–H groups in total. The normalized spacial score (nSPS) is 15.9. The first kappa shape index (κ1) is 22.7. The average Bonchev–Trinajstić information content (AvgIpc) is 3.48. The van der Waals surface area contributed by atoms with Crippen LogP contribution in [0.3, 0.4) is 0 Å². The Morgan fingerprint density at radius 2 is 1.88 bits per heavy atom. The van der Waals surface area contributed by atoms with Crippen molar-refractivity contribution in [3.8, 4) is 28.1 Å². The monoisotopic (exact) mass is 477 g/mol. The van der Waals surface area contributed by atoms with Gasteiger partial charge in [-0.15, -0.1) is 0 Å². The molecule has 0 amide bonds. The van der Waals surface area contributed by atoms with Crippen LogP contribution in [0.1, 0.15) is 18.5 Å². The van der Waals surface area contributed by atoms with Crippen molar-refractivity contribution in [1.29, 1.82) is 0 Å². The van der Waals surface area contributed by atoms with Gasteiger partial charge in [0, 0.05) is 35.5 Å². The van der Waals surface area contributed by atoms with Crippen molar-refractivity contribution < 1.29 is 14.6 Å². The zero-order valence-electron chi connectivity index (χ0n) is 19.4. The topological polar surface area (TPSA) is 59.2 Å². The molecule has 34 heavy (non-hydrogen) atoms. The lowest BCUT2D eigenvalue weighted by atomic mass is 10.0. The van der Waals surface area contributed by atoms with Crippen LogP contribution in [-0.4, -0.2) is 48.1 Å². The van der Waals surface area contributed by atoms with E-state index in [-0.39, 0.29) is 12.6 Å². The number of hydrogen-bond acceptors (Lipinski definition) is 5. The molecule has 176 valence electrons. The van der Waals surface area contributed by atoms with E-state index < -0.39 is 0 Å². The summed E-state index contributed by atoms with van der Waals surface area (Å²) in [5, 5.41) is 15.6. The molecule has 3 heterocycles. The van der Waals surface area contributed by atoms with Gasteiger partial charge in [-0.05, 0) is 54.8 Å². The van der Waals surface area contributed by atoms with E-state index in [9.17, 15) is 5.11 Å². The molecule has 0 saturated carbocycles. The molecule has 0 radical (unpaired) electrons. The van der Waals surface area contributed by atoms with Crippen LogP contribution in [0.4, 0.5) is 5.69 Å². The molecule has 6 nitrogen and oxygen atoms in total. The lowest BCUT2D eigenvalue weighted by Crippen LogP contribution is -2.32. The average molecular weight is 478 g/mol. The fraction of sp³-hybridized carbons (Fsp3) is 0.296. The van der Waals surface area contributed by atoms with Crippen LogP contribution in [0.5, 0.6) is 5.75 Å². The van der Waals surface area contributed by atoms with E-state index in [2.05, 4.69) is 17.0 Å². The molecule has 1 unspecified atom stereocenters. The maximum atomic E-state index is 9.98. The van der Waals surface area contributed by atoms with Crippen molar-refractivity contribution in [1.82, 2.24) is 9.61 Å². The predicted octanol–water partition coefficient (Wildman–Crippen LogP) is 5.44. The number of hydrogen-bond donors (Lipinski definition) is 1. The number of aliphatic hydroxyl groups is 1. The second-order valence-electron chi connectivity index (χ2n) is 8.56. The third kappa shape index (κ3) is 4.13. The van der Waals surface area contributed by atoms with Crippen molar-refractivity contribution in [3.63, 3.8) is 0 Å². The highest BCUT2D eigenvalue weighted by atomic mass is 35.5. The van der Waals surface area contributed by atoms with Crippen LogP contribution in [0.25, 0.3) is 27.9 Å². The molecule has 0 bridgehead atoms. The third-order valence-electron chi connectivity index (χ3n) is 6.49. The number of benzene rings is 2. The summed E-state index contributed by atoms with van der Waals surface area (Å²) in [6.07, 6.45) is 2.04. The van der Waals surface area contributed by atoms with Crippen molar-refractivity contribution in [2.24, 2.45) is 0 Å². The van der Waals surface area contributed by atoms with Crippen LogP contribution < -0.4 is 9.64 Å². The largest absolute Gasteiger partial charge is 0.497 e. The smallest absolute Gasteiger partial charge is 0.118 e. The second kappa shape index (κ2) is 9.66. The van der Waals surface area contributed by atoms with E-state index in [4.69, 9.17) is 26.2 Å². The quantitative estimate of drug-likeness (QED) is 0.384. The summed E-state index contributed by atoms with van der Waals surface area (Å²) in [7, 11) is 3.35. The minimum Gasteiger partial charge on any atom is -0.497 e. The van der Waals surface area contributed by atoms with Gasteiger partial charge < -0.3 is 19.5 Å². The molecule has 1 fully saturated rings. The zero-order chi connectivity index (χ0) is 23.7. The van der Waals surface area contributed by atoms with Gasteiger partial charge in [-0.1, -0.05) is 35.9 Å². The second-order valence-corrected chi connectivity index (χ2v) is 9.00. The Morgan fingerprint density at radius 3 is 2.59 bits per heavy atom. The van der Waals surface area contributed by atoms with E-state index in [0.29, 0.717) is 11.6 Å². The van der Waals surface area contributed by atoms with Crippen molar-refractivity contribution in [2.75, 3.05) is 32.3 Å². The minimum atomic E-state index is 0.112. The van der Waals surface area contributed by atoms with Gasteiger partial charge in [0.05, 0.1) is 43.3 Å². The first-order valence-corrected chi connectivity index (χ1v) is 11.8. The first-order chi connectivity index (χ1) is 16.6. The number of halogens is 1. The molecule has 5 rings (SSSR count). The number of pyridine rings is 1. The first-order valence-electron chi connectivity index (χ1n) is 11.5. The minimum absolute atomic E-state index is 0.112. The molecule has 7 heteroatoms.